The Hall–Kier alpha value is -1.97. The number of aryl methyl sites for hydroxylation is 2. The van der Waals surface area contributed by atoms with Crippen LogP contribution >= 0.6 is 23.1 Å². The monoisotopic (exact) mass is 459 g/mol. The van der Waals surface area contributed by atoms with E-state index < -0.39 is 0 Å². The Kier molecular flexibility index (Phi) is 5.99. The average molecular weight is 460 g/mol. The van der Waals surface area contributed by atoms with Crippen LogP contribution in [-0.2, 0) is 33.7 Å². The van der Waals surface area contributed by atoms with Gasteiger partial charge in [-0.25, -0.2) is 4.98 Å². The van der Waals surface area contributed by atoms with E-state index in [1.807, 2.05) is 9.47 Å². The van der Waals surface area contributed by atoms with Crippen LogP contribution in [0.2, 0.25) is 0 Å². The van der Waals surface area contributed by atoms with E-state index in [0.29, 0.717) is 44.5 Å². The van der Waals surface area contributed by atoms with Gasteiger partial charge in [0.15, 0.2) is 0 Å². The van der Waals surface area contributed by atoms with E-state index >= 15 is 0 Å². The standard InChI is InChI=1S/C22H25N3O4S2/c26-12-14-5-6-15-18-21(23-16-4-2-1-3-7-25(16)22(18)28)31-20(15)19(14)30-13-17(27)24-8-10-29-11-9-24/h12H,1-11,13H2. The van der Waals surface area contributed by atoms with Gasteiger partial charge in [-0.3, -0.25) is 19.0 Å². The van der Waals surface area contributed by atoms with Gasteiger partial charge in [-0.1, -0.05) is 6.42 Å². The normalized spacial score (nSPS) is 19.2. The van der Waals surface area contributed by atoms with Crippen molar-refractivity contribution in [3.63, 3.8) is 0 Å². The molecule has 0 aromatic carbocycles. The number of morpholine rings is 1. The maximum atomic E-state index is 13.4. The van der Waals surface area contributed by atoms with Crippen LogP contribution in [0.15, 0.2) is 10.4 Å². The molecule has 2 aromatic rings. The molecule has 31 heavy (non-hydrogen) atoms. The molecule has 9 heteroatoms. The van der Waals surface area contributed by atoms with E-state index in [0.717, 1.165) is 70.1 Å². The number of hydrogen-bond acceptors (Lipinski definition) is 7. The Bertz CT molecular complexity index is 1130. The highest BCUT2D eigenvalue weighted by Crippen LogP contribution is 2.45. The summed E-state index contributed by atoms with van der Waals surface area (Å²) in [7, 11) is 0. The maximum Gasteiger partial charge on any atom is 0.262 e. The first-order valence-corrected chi connectivity index (χ1v) is 12.7. The van der Waals surface area contributed by atoms with Gasteiger partial charge < -0.3 is 9.64 Å². The van der Waals surface area contributed by atoms with Crippen molar-refractivity contribution in [2.24, 2.45) is 0 Å². The van der Waals surface area contributed by atoms with Gasteiger partial charge in [0.2, 0.25) is 5.91 Å². The smallest absolute Gasteiger partial charge is 0.262 e. The van der Waals surface area contributed by atoms with E-state index in [-0.39, 0.29) is 17.2 Å². The Morgan fingerprint density at radius 2 is 1.97 bits per heavy atom. The number of thioether (sulfide) groups is 1. The lowest BCUT2D eigenvalue weighted by atomic mass is 9.97. The molecule has 0 atom stereocenters. The van der Waals surface area contributed by atoms with Crippen molar-refractivity contribution in [1.29, 1.82) is 0 Å². The SMILES string of the molecule is O=CC1=C(SCC(=O)N2CCOCC2)c2sc3nc4n(c(=O)c3c2CC1)CCCCC4. The molecule has 164 valence electrons. The number of ether oxygens (including phenoxy) is 1. The van der Waals surface area contributed by atoms with E-state index in [1.54, 1.807) is 0 Å². The molecular formula is C22H25N3O4S2. The number of carbonyl (C=O) groups excluding carboxylic acids is 2. The summed E-state index contributed by atoms with van der Waals surface area (Å²) >= 11 is 2.92. The van der Waals surface area contributed by atoms with Gasteiger partial charge in [0.1, 0.15) is 16.9 Å². The van der Waals surface area contributed by atoms with Crippen LogP contribution in [0.25, 0.3) is 15.1 Å². The third kappa shape index (κ3) is 3.87. The third-order valence-corrected chi connectivity index (χ3v) is 8.68. The predicted molar refractivity (Wildman–Crippen MR) is 123 cm³/mol. The molecule has 1 amide bonds. The van der Waals surface area contributed by atoms with E-state index in [1.165, 1.54) is 23.1 Å². The summed E-state index contributed by atoms with van der Waals surface area (Å²) < 4.78 is 7.18. The molecule has 7 nitrogen and oxygen atoms in total. The maximum absolute atomic E-state index is 13.4. The predicted octanol–water partition coefficient (Wildman–Crippen LogP) is 2.63. The van der Waals surface area contributed by atoms with Crippen molar-refractivity contribution in [2.75, 3.05) is 32.1 Å². The fourth-order valence-corrected chi connectivity index (χ4v) is 7.13. The summed E-state index contributed by atoms with van der Waals surface area (Å²) in [5.41, 5.74) is 1.78. The third-order valence-electron chi connectivity index (χ3n) is 6.26. The Morgan fingerprint density at radius 3 is 2.77 bits per heavy atom. The number of fused-ring (bicyclic) bond motifs is 4. The minimum Gasteiger partial charge on any atom is -0.378 e. The first kappa shape index (κ1) is 20.9. The molecule has 5 rings (SSSR count). The first-order chi connectivity index (χ1) is 15.2. The van der Waals surface area contributed by atoms with Crippen molar-refractivity contribution < 1.29 is 14.3 Å². The number of aldehydes is 1. The van der Waals surface area contributed by atoms with Gasteiger partial charge in [0.25, 0.3) is 5.56 Å². The number of thiophene rings is 1. The lowest BCUT2D eigenvalue weighted by Gasteiger charge is -2.27. The van der Waals surface area contributed by atoms with Gasteiger partial charge in [-0.05, 0) is 31.2 Å². The number of carbonyl (C=O) groups is 2. The summed E-state index contributed by atoms with van der Waals surface area (Å²) in [4.78, 5) is 47.1. The van der Waals surface area contributed by atoms with Crippen LogP contribution in [0.3, 0.4) is 0 Å². The molecule has 0 spiro atoms. The molecule has 0 unspecified atom stereocenters. The van der Waals surface area contributed by atoms with Crippen molar-refractivity contribution in [3.8, 4) is 0 Å². The molecule has 0 bridgehead atoms. The lowest BCUT2D eigenvalue weighted by molar-refractivity contribution is -0.132. The van der Waals surface area contributed by atoms with Gasteiger partial charge in [0, 0.05) is 41.4 Å². The van der Waals surface area contributed by atoms with E-state index in [9.17, 15) is 14.4 Å². The zero-order valence-corrected chi connectivity index (χ0v) is 19.0. The number of aromatic nitrogens is 2. The quantitative estimate of drug-likeness (QED) is 0.654. The highest BCUT2D eigenvalue weighted by atomic mass is 32.2. The minimum absolute atomic E-state index is 0.0581. The number of allylic oxidation sites excluding steroid dienone is 1. The largest absolute Gasteiger partial charge is 0.378 e. The number of rotatable bonds is 4. The molecule has 1 aliphatic carbocycles. The van der Waals surface area contributed by atoms with Gasteiger partial charge in [0.05, 0.1) is 24.4 Å². The summed E-state index contributed by atoms with van der Waals surface area (Å²) in [6.45, 7) is 3.09. The number of amides is 1. The van der Waals surface area contributed by atoms with Gasteiger partial charge in [-0.2, -0.15) is 0 Å². The molecular weight excluding hydrogens is 434 g/mol. The second-order valence-corrected chi connectivity index (χ2v) is 10.1. The summed E-state index contributed by atoms with van der Waals surface area (Å²) in [5, 5.41) is 0.716. The van der Waals surface area contributed by atoms with Crippen LogP contribution in [0.1, 0.15) is 41.9 Å². The summed E-state index contributed by atoms with van der Waals surface area (Å²) in [5.74, 6) is 1.22. The van der Waals surface area contributed by atoms with Crippen LogP contribution in [0.4, 0.5) is 0 Å². The van der Waals surface area contributed by atoms with Crippen LogP contribution in [-0.4, -0.2) is 58.7 Å². The van der Waals surface area contributed by atoms with Crippen molar-refractivity contribution in [1.82, 2.24) is 14.5 Å². The van der Waals surface area contributed by atoms with Crippen LogP contribution < -0.4 is 5.56 Å². The van der Waals surface area contributed by atoms with Crippen LogP contribution in [0.5, 0.6) is 0 Å². The second-order valence-electron chi connectivity index (χ2n) is 8.14. The summed E-state index contributed by atoms with van der Waals surface area (Å²) in [6.07, 6.45) is 6.19. The zero-order valence-electron chi connectivity index (χ0n) is 17.4. The average Bonchev–Trinajstić information content (AvgIpc) is 3.00. The zero-order chi connectivity index (χ0) is 21.4. The summed E-state index contributed by atoms with van der Waals surface area (Å²) in [6, 6.07) is 0. The molecule has 3 aliphatic rings. The molecule has 2 aromatic heterocycles. The Balaban J connectivity index is 1.50. The van der Waals surface area contributed by atoms with Crippen molar-refractivity contribution >= 4 is 50.4 Å². The van der Waals surface area contributed by atoms with E-state index in [2.05, 4.69) is 0 Å². The fraction of sp³-hybridized carbons (Fsp3) is 0.545. The Labute approximate surface area is 188 Å². The first-order valence-electron chi connectivity index (χ1n) is 10.9. The van der Waals surface area contributed by atoms with Crippen molar-refractivity contribution in [3.05, 3.63) is 32.2 Å². The molecule has 2 aliphatic heterocycles. The number of hydrogen-bond donors (Lipinski definition) is 0. The topological polar surface area (TPSA) is 81.5 Å². The number of nitrogens with zero attached hydrogens (tertiary/aromatic N) is 3. The highest BCUT2D eigenvalue weighted by Gasteiger charge is 2.28. The lowest BCUT2D eigenvalue weighted by Crippen LogP contribution is -2.41. The molecule has 4 heterocycles. The molecule has 1 saturated heterocycles. The van der Waals surface area contributed by atoms with Gasteiger partial charge >= 0.3 is 0 Å². The second kappa shape index (κ2) is 8.88. The molecule has 1 fully saturated rings. The van der Waals surface area contributed by atoms with Crippen LogP contribution in [0, 0.1) is 0 Å². The molecule has 0 saturated carbocycles. The molecule has 0 radical (unpaired) electrons. The van der Waals surface area contributed by atoms with Crippen molar-refractivity contribution in [2.45, 2.75) is 45.1 Å². The highest BCUT2D eigenvalue weighted by molar-refractivity contribution is 8.09. The Morgan fingerprint density at radius 1 is 1.13 bits per heavy atom. The minimum atomic E-state index is 0.0581. The van der Waals surface area contributed by atoms with E-state index in [4.69, 9.17) is 9.72 Å². The molecule has 0 N–H and O–H groups in total. The fourth-order valence-electron chi connectivity index (χ4n) is 4.58. The van der Waals surface area contributed by atoms with Gasteiger partial charge in [-0.15, -0.1) is 23.1 Å².